The lowest BCUT2D eigenvalue weighted by Crippen LogP contribution is -2.24. The van der Waals surface area contributed by atoms with Crippen LogP contribution < -0.4 is 5.32 Å². The minimum atomic E-state index is 0.102. The Hall–Kier alpha value is -1.07. The third-order valence-electron chi connectivity index (χ3n) is 2.50. The molecule has 0 amide bonds. The van der Waals surface area contributed by atoms with Gasteiger partial charge >= 0.3 is 0 Å². The Kier molecular flexibility index (Phi) is 3.46. The van der Waals surface area contributed by atoms with Crippen molar-refractivity contribution < 1.29 is 4.42 Å². The van der Waals surface area contributed by atoms with Crippen LogP contribution in [-0.2, 0) is 7.05 Å². The van der Waals surface area contributed by atoms with E-state index in [1.165, 1.54) is 0 Å². The Labute approximate surface area is 103 Å². The Morgan fingerprint density at radius 3 is 2.94 bits per heavy atom. The quantitative estimate of drug-likeness (QED) is 0.938. The molecule has 1 N–H and O–H groups in total. The lowest BCUT2D eigenvalue weighted by atomic mass is 10.1. The van der Waals surface area contributed by atoms with Crippen LogP contribution in [0.1, 0.15) is 24.2 Å². The maximum atomic E-state index is 5.13. The van der Waals surface area contributed by atoms with Crippen LogP contribution in [-0.4, -0.2) is 16.3 Å². The van der Waals surface area contributed by atoms with Gasteiger partial charge in [0.25, 0.3) is 0 Å². The maximum Gasteiger partial charge on any atom is 0.0954 e. The first-order chi connectivity index (χ1) is 7.74. The molecule has 1 unspecified atom stereocenters. The molecule has 2 heterocycles. The largest absolute Gasteiger partial charge is 0.472 e. The van der Waals surface area contributed by atoms with E-state index in [4.69, 9.17) is 4.42 Å². The summed E-state index contributed by atoms with van der Waals surface area (Å²) in [7, 11) is 1.94. The van der Waals surface area contributed by atoms with Crippen molar-refractivity contribution in [1.82, 2.24) is 15.1 Å². The van der Waals surface area contributed by atoms with E-state index in [0.29, 0.717) is 0 Å². The second kappa shape index (κ2) is 4.84. The third kappa shape index (κ3) is 2.05. The molecular formula is C11H14BrN3O. The smallest absolute Gasteiger partial charge is 0.0954 e. The number of hydrogen-bond donors (Lipinski definition) is 1. The summed E-state index contributed by atoms with van der Waals surface area (Å²) in [5.41, 5.74) is 2.20. The molecule has 0 saturated carbocycles. The van der Waals surface area contributed by atoms with E-state index < -0.39 is 0 Å². The van der Waals surface area contributed by atoms with Crippen molar-refractivity contribution in [2.45, 2.75) is 13.0 Å². The summed E-state index contributed by atoms with van der Waals surface area (Å²) < 4.78 is 8.00. The van der Waals surface area contributed by atoms with Crippen LogP contribution in [0, 0.1) is 0 Å². The SMILES string of the molecule is CCNC(c1ccoc1)c1c(Br)cnn1C. The van der Waals surface area contributed by atoms with Gasteiger partial charge in [-0.1, -0.05) is 6.92 Å². The zero-order chi connectivity index (χ0) is 11.5. The molecule has 1 atom stereocenters. The number of furan rings is 1. The lowest BCUT2D eigenvalue weighted by Gasteiger charge is -2.17. The molecule has 5 heteroatoms. The number of aryl methyl sites for hydroxylation is 1. The molecule has 0 fully saturated rings. The van der Waals surface area contributed by atoms with E-state index in [-0.39, 0.29) is 6.04 Å². The van der Waals surface area contributed by atoms with Crippen molar-refractivity contribution >= 4 is 15.9 Å². The molecule has 0 aliphatic heterocycles. The molecule has 0 spiro atoms. The second-order valence-corrected chi connectivity index (χ2v) is 4.40. The fraction of sp³-hybridized carbons (Fsp3) is 0.364. The van der Waals surface area contributed by atoms with E-state index in [2.05, 4.69) is 33.3 Å². The Morgan fingerprint density at radius 1 is 1.62 bits per heavy atom. The summed E-state index contributed by atoms with van der Waals surface area (Å²) in [5, 5.41) is 7.65. The average molecular weight is 284 g/mol. The highest BCUT2D eigenvalue weighted by atomic mass is 79.9. The van der Waals surface area contributed by atoms with Crippen molar-refractivity contribution in [2.24, 2.45) is 7.05 Å². The summed E-state index contributed by atoms with van der Waals surface area (Å²) in [6, 6.07) is 2.07. The number of rotatable bonds is 4. The van der Waals surface area contributed by atoms with Gasteiger partial charge in [0.1, 0.15) is 0 Å². The van der Waals surface area contributed by atoms with Crippen molar-refractivity contribution in [3.63, 3.8) is 0 Å². The predicted octanol–water partition coefficient (Wildman–Crippen LogP) is 2.47. The van der Waals surface area contributed by atoms with Crippen molar-refractivity contribution in [3.8, 4) is 0 Å². The van der Waals surface area contributed by atoms with Crippen LogP contribution in [0.2, 0.25) is 0 Å². The minimum Gasteiger partial charge on any atom is -0.472 e. The Morgan fingerprint density at radius 2 is 2.44 bits per heavy atom. The third-order valence-corrected chi connectivity index (χ3v) is 3.11. The average Bonchev–Trinajstić information content (AvgIpc) is 2.87. The van der Waals surface area contributed by atoms with Crippen LogP contribution in [0.25, 0.3) is 0 Å². The lowest BCUT2D eigenvalue weighted by molar-refractivity contribution is 0.539. The molecule has 0 bridgehead atoms. The standard InChI is InChI=1S/C11H14BrN3O/c1-3-13-10(8-4-5-16-7-8)11-9(12)6-14-15(11)2/h4-7,10,13H,3H2,1-2H3. The second-order valence-electron chi connectivity index (χ2n) is 3.55. The molecule has 0 aliphatic carbocycles. The zero-order valence-corrected chi connectivity index (χ0v) is 10.9. The van der Waals surface area contributed by atoms with Gasteiger partial charge in [-0.25, -0.2) is 0 Å². The van der Waals surface area contributed by atoms with Gasteiger partial charge in [-0.15, -0.1) is 0 Å². The first-order valence-electron chi connectivity index (χ1n) is 5.17. The topological polar surface area (TPSA) is 43.0 Å². The maximum absolute atomic E-state index is 5.13. The molecular weight excluding hydrogens is 270 g/mol. The van der Waals surface area contributed by atoms with Crippen molar-refractivity contribution in [1.29, 1.82) is 0 Å². The number of nitrogens with one attached hydrogen (secondary N) is 1. The molecule has 2 aromatic heterocycles. The fourth-order valence-corrected chi connectivity index (χ4v) is 2.34. The molecule has 0 radical (unpaired) electrons. The van der Waals surface area contributed by atoms with Crippen LogP contribution in [0.4, 0.5) is 0 Å². The van der Waals surface area contributed by atoms with E-state index >= 15 is 0 Å². The van der Waals surface area contributed by atoms with Gasteiger partial charge in [0.15, 0.2) is 0 Å². The van der Waals surface area contributed by atoms with Gasteiger partial charge in [-0.05, 0) is 28.5 Å². The van der Waals surface area contributed by atoms with E-state index in [1.807, 2.05) is 17.8 Å². The highest BCUT2D eigenvalue weighted by Crippen LogP contribution is 2.28. The zero-order valence-electron chi connectivity index (χ0n) is 9.27. The van der Waals surface area contributed by atoms with Gasteiger partial charge in [0, 0.05) is 12.6 Å². The number of halogens is 1. The summed E-state index contributed by atoms with van der Waals surface area (Å²) in [5.74, 6) is 0. The van der Waals surface area contributed by atoms with E-state index in [9.17, 15) is 0 Å². The highest BCUT2D eigenvalue weighted by molar-refractivity contribution is 9.10. The van der Waals surface area contributed by atoms with Crippen LogP contribution in [0.15, 0.2) is 33.7 Å². The summed E-state index contributed by atoms with van der Waals surface area (Å²) in [6.07, 6.45) is 5.25. The predicted molar refractivity (Wildman–Crippen MR) is 65.1 cm³/mol. The Bertz CT molecular complexity index is 430. The number of hydrogen-bond acceptors (Lipinski definition) is 3. The molecule has 2 rings (SSSR count). The Balaban J connectivity index is 2.40. The van der Waals surface area contributed by atoms with Gasteiger partial charge in [-0.2, -0.15) is 5.10 Å². The van der Waals surface area contributed by atoms with Crippen molar-refractivity contribution in [2.75, 3.05) is 6.54 Å². The molecule has 0 saturated heterocycles. The monoisotopic (exact) mass is 283 g/mol. The van der Waals surface area contributed by atoms with E-state index in [1.54, 1.807) is 18.7 Å². The minimum absolute atomic E-state index is 0.102. The van der Waals surface area contributed by atoms with Gasteiger partial charge in [0.05, 0.1) is 34.9 Å². The molecule has 0 aromatic carbocycles. The molecule has 16 heavy (non-hydrogen) atoms. The summed E-state index contributed by atoms with van der Waals surface area (Å²) in [6.45, 7) is 2.96. The van der Waals surface area contributed by atoms with Crippen LogP contribution in [0.3, 0.4) is 0 Å². The first kappa shape index (κ1) is 11.4. The molecule has 86 valence electrons. The summed E-state index contributed by atoms with van der Waals surface area (Å²) in [4.78, 5) is 0. The normalized spacial score (nSPS) is 12.9. The number of aromatic nitrogens is 2. The number of nitrogens with zero attached hydrogens (tertiary/aromatic N) is 2. The molecule has 0 aliphatic rings. The van der Waals surface area contributed by atoms with Crippen molar-refractivity contribution in [3.05, 3.63) is 40.5 Å². The first-order valence-corrected chi connectivity index (χ1v) is 5.96. The fourth-order valence-electron chi connectivity index (χ4n) is 1.76. The van der Waals surface area contributed by atoms with Gasteiger partial charge in [-0.3, -0.25) is 4.68 Å². The van der Waals surface area contributed by atoms with Gasteiger partial charge < -0.3 is 9.73 Å². The molecule has 4 nitrogen and oxygen atoms in total. The van der Waals surface area contributed by atoms with Gasteiger partial charge in [0.2, 0.25) is 0 Å². The molecule has 2 aromatic rings. The van der Waals surface area contributed by atoms with Crippen LogP contribution in [0.5, 0.6) is 0 Å². The van der Waals surface area contributed by atoms with Crippen LogP contribution >= 0.6 is 15.9 Å². The van der Waals surface area contributed by atoms with E-state index in [0.717, 1.165) is 22.3 Å². The summed E-state index contributed by atoms with van der Waals surface area (Å²) >= 11 is 3.52. The highest BCUT2D eigenvalue weighted by Gasteiger charge is 2.20.